The van der Waals surface area contributed by atoms with Crippen LogP contribution in [0, 0.1) is 6.92 Å². The van der Waals surface area contributed by atoms with Crippen molar-refractivity contribution in [3.05, 3.63) is 89.0 Å². The predicted molar refractivity (Wildman–Crippen MR) is 134 cm³/mol. The minimum Gasteiger partial charge on any atom is -0.497 e. The molecule has 3 aromatic rings. The van der Waals surface area contributed by atoms with E-state index < -0.39 is 4.87 Å². The second kappa shape index (κ2) is 8.72. The molecule has 7 heteroatoms. The number of aryl methyl sites for hydroxylation is 1. The maximum atomic E-state index is 14.2. The summed E-state index contributed by atoms with van der Waals surface area (Å²) in [6, 6.07) is 20.9. The fourth-order valence-electron chi connectivity index (χ4n) is 4.67. The van der Waals surface area contributed by atoms with E-state index in [0.717, 1.165) is 16.8 Å². The number of hydrogen-bond acceptors (Lipinski definition) is 5. The molecule has 2 aliphatic rings. The highest BCUT2D eigenvalue weighted by molar-refractivity contribution is 8.01. The van der Waals surface area contributed by atoms with Crippen LogP contribution < -0.4 is 14.4 Å². The van der Waals surface area contributed by atoms with Crippen molar-refractivity contribution in [2.45, 2.75) is 18.3 Å². The number of fused-ring (bicyclic) bond motifs is 2. The van der Waals surface area contributed by atoms with Crippen molar-refractivity contribution in [2.75, 3.05) is 31.4 Å². The Bertz CT molecular complexity index is 1260. The van der Waals surface area contributed by atoms with Crippen LogP contribution in [-0.2, 0) is 16.2 Å². The molecule has 0 N–H and O–H groups in total. The van der Waals surface area contributed by atoms with Gasteiger partial charge in [-0.05, 0) is 48.9 Å². The molecule has 1 atom stereocenters. The molecule has 0 radical (unpaired) electrons. The van der Waals surface area contributed by atoms with E-state index in [9.17, 15) is 9.59 Å². The molecular weight excluding hydrogens is 448 g/mol. The normalized spacial score (nSPS) is 19.0. The number of anilines is 1. The summed E-state index contributed by atoms with van der Waals surface area (Å²) in [5, 5.41) is 0. The average molecular weight is 475 g/mol. The molecule has 6 nitrogen and oxygen atoms in total. The van der Waals surface area contributed by atoms with Gasteiger partial charge in [-0.2, -0.15) is 0 Å². The maximum absolute atomic E-state index is 14.2. The van der Waals surface area contributed by atoms with Crippen molar-refractivity contribution in [3.63, 3.8) is 0 Å². The van der Waals surface area contributed by atoms with Gasteiger partial charge in [-0.3, -0.25) is 9.59 Å². The summed E-state index contributed by atoms with van der Waals surface area (Å²) in [6.07, 6.45) is 0. The third kappa shape index (κ3) is 3.51. The van der Waals surface area contributed by atoms with Gasteiger partial charge in [0.05, 0.1) is 26.5 Å². The summed E-state index contributed by atoms with van der Waals surface area (Å²) in [5.41, 5.74) is 4.30. The molecule has 34 heavy (non-hydrogen) atoms. The van der Waals surface area contributed by atoms with E-state index in [1.807, 2.05) is 49.4 Å². The highest BCUT2D eigenvalue weighted by Gasteiger charge is 2.59. The van der Waals surface area contributed by atoms with Gasteiger partial charge in [-0.15, -0.1) is 11.8 Å². The fourth-order valence-corrected chi connectivity index (χ4v) is 6.12. The Hall–Kier alpha value is -3.45. The molecule has 5 rings (SSSR count). The van der Waals surface area contributed by atoms with Crippen LogP contribution in [0.25, 0.3) is 0 Å². The molecule has 0 unspecified atom stereocenters. The topological polar surface area (TPSA) is 59.1 Å². The van der Waals surface area contributed by atoms with Crippen LogP contribution >= 0.6 is 11.8 Å². The number of nitrogens with zero attached hydrogens (tertiary/aromatic N) is 2. The molecule has 1 spiro atoms. The monoisotopic (exact) mass is 474 g/mol. The van der Waals surface area contributed by atoms with Crippen molar-refractivity contribution in [1.82, 2.24) is 4.90 Å². The van der Waals surface area contributed by atoms with E-state index in [0.29, 0.717) is 35.9 Å². The van der Waals surface area contributed by atoms with E-state index in [4.69, 9.17) is 9.47 Å². The highest BCUT2D eigenvalue weighted by atomic mass is 32.2. The number of hydrogen-bond donors (Lipinski definition) is 0. The molecule has 2 aliphatic heterocycles. The Morgan fingerprint density at radius 1 is 1.00 bits per heavy atom. The first-order valence-electron chi connectivity index (χ1n) is 11.1. The van der Waals surface area contributed by atoms with Crippen LogP contribution in [0.2, 0.25) is 0 Å². The second-order valence-electron chi connectivity index (χ2n) is 8.44. The first-order valence-corrected chi connectivity index (χ1v) is 12.1. The van der Waals surface area contributed by atoms with Crippen molar-refractivity contribution in [1.29, 1.82) is 0 Å². The van der Waals surface area contributed by atoms with Gasteiger partial charge in [0.15, 0.2) is 4.87 Å². The number of methoxy groups -OCH3 is 2. The molecule has 1 saturated heterocycles. The van der Waals surface area contributed by atoms with Gasteiger partial charge in [0.2, 0.25) is 0 Å². The Balaban J connectivity index is 1.59. The van der Waals surface area contributed by atoms with Gasteiger partial charge in [-0.25, -0.2) is 0 Å². The fraction of sp³-hybridized carbons (Fsp3) is 0.259. The van der Waals surface area contributed by atoms with E-state index in [2.05, 4.69) is 0 Å². The quantitative estimate of drug-likeness (QED) is 0.541. The summed E-state index contributed by atoms with van der Waals surface area (Å²) in [4.78, 5) is 30.3. The predicted octanol–water partition coefficient (Wildman–Crippen LogP) is 4.60. The number of ether oxygens (including phenoxy) is 2. The highest BCUT2D eigenvalue weighted by Crippen LogP contribution is 2.55. The lowest BCUT2D eigenvalue weighted by atomic mass is 10.0. The van der Waals surface area contributed by atoms with E-state index >= 15 is 0 Å². The van der Waals surface area contributed by atoms with Crippen LogP contribution in [-0.4, -0.2) is 43.2 Å². The molecule has 0 bridgehead atoms. The largest absolute Gasteiger partial charge is 0.497 e. The van der Waals surface area contributed by atoms with Crippen LogP contribution in [0.3, 0.4) is 0 Å². The van der Waals surface area contributed by atoms with Crippen LogP contribution in [0.5, 0.6) is 11.5 Å². The first kappa shape index (κ1) is 22.3. The van der Waals surface area contributed by atoms with Gasteiger partial charge in [-0.1, -0.05) is 35.9 Å². The molecule has 0 aliphatic carbocycles. The molecular formula is C27H26N2O4S. The van der Waals surface area contributed by atoms with Crippen molar-refractivity contribution in [3.8, 4) is 11.5 Å². The van der Waals surface area contributed by atoms with Crippen LogP contribution in [0.4, 0.5) is 5.69 Å². The van der Waals surface area contributed by atoms with Crippen LogP contribution in [0.1, 0.15) is 27.0 Å². The zero-order valence-corrected chi connectivity index (χ0v) is 20.2. The van der Waals surface area contributed by atoms with Gasteiger partial charge < -0.3 is 19.3 Å². The standard InChI is InChI=1S/C27H26N2O4S/c1-18-7-9-19(10-8-18)17-28-24-12-11-22(33-3)16-23(24)27(26(28)31)29(13-14-34-27)25(30)20-5-4-6-21(15-20)32-2/h4-12,15-16H,13-14,17H2,1-3H3/t27-/m1/s1. The molecule has 2 heterocycles. The summed E-state index contributed by atoms with van der Waals surface area (Å²) in [7, 11) is 3.18. The zero-order chi connectivity index (χ0) is 23.9. The van der Waals surface area contributed by atoms with E-state index in [-0.39, 0.29) is 11.8 Å². The summed E-state index contributed by atoms with van der Waals surface area (Å²) < 4.78 is 10.8. The van der Waals surface area contributed by atoms with Gasteiger partial charge in [0.25, 0.3) is 11.8 Å². The summed E-state index contributed by atoms with van der Waals surface area (Å²) in [6.45, 7) is 2.95. The Labute approximate surface area is 203 Å². The number of benzene rings is 3. The molecule has 1 fully saturated rings. The Morgan fingerprint density at radius 2 is 1.74 bits per heavy atom. The maximum Gasteiger partial charge on any atom is 0.268 e. The lowest BCUT2D eigenvalue weighted by molar-refractivity contribution is -0.123. The van der Waals surface area contributed by atoms with Crippen molar-refractivity contribution < 1.29 is 19.1 Å². The third-order valence-corrected chi connectivity index (χ3v) is 7.84. The molecule has 2 amide bonds. The average Bonchev–Trinajstić information content (AvgIpc) is 3.41. The van der Waals surface area contributed by atoms with Crippen molar-refractivity contribution in [2.24, 2.45) is 0 Å². The molecule has 174 valence electrons. The minimum absolute atomic E-state index is 0.102. The van der Waals surface area contributed by atoms with E-state index in [1.165, 1.54) is 17.3 Å². The van der Waals surface area contributed by atoms with Crippen molar-refractivity contribution >= 4 is 29.3 Å². The Kier molecular flexibility index (Phi) is 5.73. The SMILES string of the molecule is COc1cccc(C(=O)N2CCS[C@]23C(=O)N(Cc2ccc(C)cc2)c2ccc(OC)cc23)c1. The number of thioether (sulfide) groups is 1. The lowest BCUT2D eigenvalue weighted by Crippen LogP contribution is -2.50. The number of carbonyl (C=O) groups is 2. The number of carbonyl (C=O) groups excluding carboxylic acids is 2. The molecule has 3 aromatic carbocycles. The molecule has 0 saturated carbocycles. The Morgan fingerprint density at radius 3 is 2.47 bits per heavy atom. The smallest absolute Gasteiger partial charge is 0.268 e. The van der Waals surface area contributed by atoms with Gasteiger partial charge >= 0.3 is 0 Å². The summed E-state index contributed by atoms with van der Waals surface area (Å²) in [5.74, 6) is 1.63. The first-order chi connectivity index (χ1) is 16.5. The van der Waals surface area contributed by atoms with E-state index in [1.54, 1.807) is 48.3 Å². The third-order valence-electron chi connectivity index (χ3n) is 6.42. The number of rotatable bonds is 5. The minimum atomic E-state index is -1.13. The summed E-state index contributed by atoms with van der Waals surface area (Å²) >= 11 is 1.51. The van der Waals surface area contributed by atoms with Crippen LogP contribution in [0.15, 0.2) is 66.7 Å². The zero-order valence-electron chi connectivity index (χ0n) is 19.4. The second-order valence-corrected chi connectivity index (χ2v) is 9.73. The molecule has 0 aromatic heterocycles. The van der Waals surface area contributed by atoms with Gasteiger partial charge in [0.1, 0.15) is 11.5 Å². The lowest BCUT2D eigenvalue weighted by Gasteiger charge is -2.33. The van der Waals surface area contributed by atoms with Gasteiger partial charge in [0, 0.05) is 23.4 Å². The number of amides is 2.